The second-order valence-corrected chi connectivity index (χ2v) is 6.64. The molecule has 0 bridgehead atoms. The fourth-order valence-corrected chi connectivity index (χ4v) is 3.54. The molecule has 2 heterocycles. The van der Waals surface area contributed by atoms with Crippen LogP contribution in [0.4, 0.5) is 11.5 Å². The van der Waals surface area contributed by atoms with Crippen molar-refractivity contribution < 1.29 is 4.74 Å². The molecule has 1 aliphatic heterocycles. The Morgan fingerprint density at radius 3 is 2.63 bits per heavy atom. The van der Waals surface area contributed by atoms with Gasteiger partial charge < -0.3 is 14.5 Å². The number of fused-ring (bicyclic) bond motifs is 1. The van der Waals surface area contributed by atoms with Gasteiger partial charge in [0.05, 0.1) is 18.8 Å². The van der Waals surface area contributed by atoms with Gasteiger partial charge in [0.2, 0.25) is 0 Å². The summed E-state index contributed by atoms with van der Waals surface area (Å²) in [5, 5.41) is 9.46. The lowest BCUT2D eigenvalue weighted by Gasteiger charge is -2.37. The fourth-order valence-electron chi connectivity index (χ4n) is 3.54. The molecule has 0 saturated carbocycles. The first-order valence-electron chi connectivity index (χ1n) is 8.80. The van der Waals surface area contributed by atoms with E-state index in [0.29, 0.717) is 18.9 Å². The van der Waals surface area contributed by atoms with Crippen molar-refractivity contribution in [3.8, 4) is 11.8 Å². The highest BCUT2D eigenvalue weighted by Gasteiger charge is 2.27. The Bertz CT molecular complexity index is 1020. The predicted octanol–water partition coefficient (Wildman–Crippen LogP) is 0.679. The van der Waals surface area contributed by atoms with E-state index in [1.54, 1.807) is 19.0 Å². The Morgan fingerprint density at radius 1 is 1.26 bits per heavy atom. The largest absolute Gasteiger partial charge is 0.485 e. The van der Waals surface area contributed by atoms with Crippen molar-refractivity contribution in [2.75, 3.05) is 36.5 Å². The second kappa shape index (κ2) is 7.19. The first kappa shape index (κ1) is 18.6. The van der Waals surface area contributed by atoms with E-state index in [2.05, 4.69) is 11.8 Å². The van der Waals surface area contributed by atoms with Crippen molar-refractivity contribution in [2.24, 2.45) is 14.1 Å². The maximum Gasteiger partial charge on any atom is 0.332 e. The summed E-state index contributed by atoms with van der Waals surface area (Å²) in [6.45, 7) is 4.04. The fraction of sp³-hybridized carbons (Fsp3) is 0.421. The van der Waals surface area contributed by atoms with Crippen LogP contribution < -0.4 is 25.8 Å². The van der Waals surface area contributed by atoms with E-state index in [4.69, 9.17) is 4.74 Å². The molecule has 0 saturated heterocycles. The van der Waals surface area contributed by atoms with Crippen molar-refractivity contribution in [1.82, 2.24) is 9.13 Å². The Balaban J connectivity index is 1.94. The zero-order valence-electron chi connectivity index (χ0n) is 16.0. The standard InChI is InChI=1S/C19H23N5O3/c1-5-24-12-13(27-16-9-7-6-8-15(16)24)11-21(2)17-14(10-20)18(25)23(4)19(26)22(17)3/h6-9,13H,5,11-12H2,1-4H3. The lowest BCUT2D eigenvalue weighted by Crippen LogP contribution is -2.48. The molecule has 0 spiro atoms. The van der Waals surface area contributed by atoms with Crippen molar-refractivity contribution in [2.45, 2.75) is 13.0 Å². The highest BCUT2D eigenvalue weighted by molar-refractivity contribution is 5.60. The van der Waals surface area contributed by atoms with Crippen molar-refractivity contribution in [1.29, 1.82) is 5.26 Å². The number of rotatable bonds is 4. The third-order valence-corrected chi connectivity index (χ3v) is 4.89. The van der Waals surface area contributed by atoms with Crippen LogP contribution in [0.5, 0.6) is 5.75 Å². The normalized spacial score (nSPS) is 15.7. The molecule has 1 aromatic carbocycles. The number of nitrogens with zero attached hydrogens (tertiary/aromatic N) is 5. The van der Waals surface area contributed by atoms with Crippen LogP contribution >= 0.6 is 0 Å². The number of para-hydroxylation sites is 2. The van der Waals surface area contributed by atoms with Crippen molar-refractivity contribution >= 4 is 11.5 Å². The number of nitriles is 1. The van der Waals surface area contributed by atoms with Crippen LogP contribution in [0, 0.1) is 11.3 Å². The van der Waals surface area contributed by atoms with Crippen LogP contribution in [-0.4, -0.2) is 41.9 Å². The van der Waals surface area contributed by atoms with Gasteiger partial charge in [-0.25, -0.2) is 4.79 Å². The molecular weight excluding hydrogens is 346 g/mol. The van der Waals surface area contributed by atoms with Gasteiger partial charge in [0.1, 0.15) is 23.7 Å². The molecule has 3 rings (SSSR count). The average Bonchev–Trinajstić information content (AvgIpc) is 2.68. The van der Waals surface area contributed by atoms with Gasteiger partial charge in [-0.1, -0.05) is 12.1 Å². The minimum absolute atomic E-state index is 0.0503. The summed E-state index contributed by atoms with van der Waals surface area (Å²) in [6, 6.07) is 9.80. The molecule has 27 heavy (non-hydrogen) atoms. The smallest absolute Gasteiger partial charge is 0.332 e. The molecule has 2 aromatic rings. The molecule has 1 aliphatic rings. The number of ether oxygens (including phenoxy) is 1. The lowest BCUT2D eigenvalue weighted by atomic mass is 10.1. The van der Waals surface area contributed by atoms with Crippen LogP contribution in [0.2, 0.25) is 0 Å². The lowest BCUT2D eigenvalue weighted by molar-refractivity contribution is 0.199. The van der Waals surface area contributed by atoms with Crippen LogP contribution in [0.25, 0.3) is 0 Å². The molecule has 0 N–H and O–H groups in total. The first-order valence-corrected chi connectivity index (χ1v) is 8.80. The van der Waals surface area contributed by atoms with Crippen LogP contribution in [-0.2, 0) is 14.1 Å². The van der Waals surface area contributed by atoms with Crippen LogP contribution in [0.3, 0.4) is 0 Å². The number of hydrogen-bond acceptors (Lipinski definition) is 6. The summed E-state index contributed by atoms with van der Waals surface area (Å²) in [5.74, 6) is 1.11. The molecule has 0 radical (unpaired) electrons. The monoisotopic (exact) mass is 369 g/mol. The summed E-state index contributed by atoms with van der Waals surface area (Å²) in [7, 11) is 4.69. The maximum absolute atomic E-state index is 12.3. The average molecular weight is 369 g/mol. The highest BCUT2D eigenvalue weighted by atomic mass is 16.5. The molecule has 142 valence electrons. The predicted molar refractivity (Wildman–Crippen MR) is 104 cm³/mol. The van der Waals surface area contributed by atoms with Gasteiger partial charge in [0.15, 0.2) is 5.56 Å². The third kappa shape index (κ3) is 3.16. The number of aromatic nitrogens is 2. The Labute approximate surface area is 157 Å². The molecule has 8 heteroatoms. The summed E-state index contributed by atoms with van der Waals surface area (Å²) in [6.07, 6.45) is -0.171. The van der Waals surface area contributed by atoms with Crippen LogP contribution in [0.15, 0.2) is 33.9 Å². The topological polar surface area (TPSA) is 83.5 Å². The van der Waals surface area contributed by atoms with E-state index >= 15 is 0 Å². The minimum atomic E-state index is -0.590. The molecule has 0 amide bonds. The molecule has 8 nitrogen and oxygen atoms in total. The summed E-state index contributed by atoms with van der Waals surface area (Å²) in [5.41, 5.74) is -0.0539. The molecule has 0 aliphatic carbocycles. The van der Waals surface area contributed by atoms with Gasteiger partial charge in [0, 0.05) is 27.7 Å². The Hall–Kier alpha value is -3.21. The Morgan fingerprint density at radius 2 is 1.96 bits per heavy atom. The van der Waals surface area contributed by atoms with E-state index in [1.165, 1.54) is 11.6 Å². The van der Waals surface area contributed by atoms with E-state index in [9.17, 15) is 14.9 Å². The number of likely N-dealkylation sites (N-methyl/N-ethyl adjacent to an activating group) is 2. The summed E-state index contributed by atoms with van der Waals surface area (Å²) >= 11 is 0. The van der Waals surface area contributed by atoms with Gasteiger partial charge in [0.25, 0.3) is 5.56 Å². The first-order chi connectivity index (χ1) is 12.9. The van der Waals surface area contributed by atoms with Gasteiger partial charge >= 0.3 is 5.69 Å². The van der Waals surface area contributed by atoms with Gasteiger partial charge in [-0.15, -0.1) is 0 Å². The van der Waals surface area contributed by atoms with E-state index in [1.807, 2.05) is 30.3 Å². The zero-order valence-corrected chi connectivity index (χ0v) is 16.0. The van der Waals surface area contributed by atoms with Crippen molar-refractivity contribution in [3.63, 3.8) is 0 Å². The molecule has 1 unspecified atom stereocenters. The second-order valence-electron chi connectivity index (χ2n) is 6.64. The van der Waals surface area contributed by atoms with Gasteiger partial charge in [-0.05, 0) is 19.1 Å². The van der Waals surface area contributed by atoms with E-state index in [0.717, 1.165) is 22.5 Å². The zero-order chi connectivity index (χ0) is 19.7. The number of anilines is 2. The molecular formula is C19H23N5O3. The molecule has 0 fully saturated rings. The van der Waals surface area contributed by atoms with Crippen molar-refractivity contribution in [3.05, 3.63) is 50.7 Å². The van der Waals surface area contributed by atoms with Gasteiger partial charge in [-0.2, -0.15) is 5.26 Å². The molecule has 1 aromatic heterocycles. The Kier molecular flexibility index (Phi) is 4.95. The summed E-state index contributed by atoms with van der Waals surface area (Å²) < 4.78 is 8.39. The minimum Gasteiger partial charge on any atom is -0.485 e. The number of benzene rings is 1. The van der Waals surface area contributed by atoms with E-state index in [-0.39, 0.29) is 11.7 Å². The van der Waals surface area contributed by atoms with Gasteiger partial charge in [-0.3, -0.25) is 13.9 Å². The van der Waals surface area contributed by atoms with E-state index < -0.39 is 11.2 Å². The number of hydrogen-bond donors (Lipinski definition) is 0. The third-order valence-electron chi connectivity index (χ3n) is 4.89. The summed E-state index contributed by atoms with van der Waals surface area (Å²) in [4.78, 5) is 28.6. The highest BCUT2D eigenvalue weighted by Crippen LogP contribution is 2.33. The SMILES string of the molecule is CCN1CC(CN(C)c2c(C#N)c(=O)n(C)c(=O)n2C)Oc2ccccc21. The molecule has 1 atom stereocenters. The quantitative estimate of drug-likeness (QED) is 0.788. The maximum atomic E-state index is 12.3. The van der Waals surface area contributed by atoms with Crippen LogP contribution in [0.1, 0.15) is 12.5 Å².